The standard InChI is InChI=1S/C16H29N3/c1-5-6-14-7-9-15(10-8-14)19-11-13(4)18-16(19)17-12(2)3/h11-12,14-15H,5-10H2,1-4H3,(H,17,18). The molecule has 1 fully saturated rings. The van der Waals surface area contributed by atoms with E-state index in [1.807, 2.05) is 0 Å². The summed E-state index contributed by atoms with van der Waals surface area (Å²) in [5.41, 5.74) is 1.12. The Hall–Kier alpha value is -0.990. The number of nitrogens with one attached hydrogen (secondary N) is 1. The van der Waals surface area contributed by atoms with Gasteiger partial charge in [-0.2, -0.15) is 0 Å². The van der Waals surface area contributed by atoms with Crippen molar-refractivity contribution in [3.05, 3.63) is 11.9 Å². The topological polar surface area (TPSA) is 29.9 Å². The zero-order valence-corrected chi connectivity index (χ0v) is 12.9. The zero-order valence-electron chi connectivity index (χ0n) is 12.9. The van der Waals surface area contributed by atoms with Crippen molar-refractivity contribution in [2.24, 2.45) is 5.92 Å². The molecule has 0 aromatic carbocycles. The maximum absolute atomic E-state index is 4.63. The minimum atomic E-state index is 0.442. The minimum absolute atomic E-state index is 0.442. The van der Waals surface area contributed by atoms with Crippen LogP contribution < -0.4 is 5.32 Å². The first kappa shape index (κ1) is 14.4. The molecule has 1 aliphatic rings. The maximum atomic E-state index is 4.63. The van der Waals surface area contributed by atoms with E-state index in [4.69, 9.17) is 0 Å². The molecule has 3 nitrogen and oxygen atoms in total. The Bertz CT molecular complexity index is 387. The van der Waals surface area contributed by atoms with E-state index in [0.717, 1.165) is 17.6 Å². The fraction of sp³-hybridized carbons (Fsp3) is 0.812. The average Bonchev–Trinajstić information content (AvgIpc) is 2.71. The molecule has 2 rings (SSSR count). The van der Waals surface area contributed by atoms with Crippen LogP contribution in [-0.2, 0) is 0 Å². The lowest BCUT2D eigenvalue weighted by Gasteiger charge is -2.30. The predicted molar refractivity (Wildman–Crippen MR) is 81.6 cm³/mol. The molecular formula is C16H29N3. The summed E-state index contributed by atoms with van der Waals surface area (Å²) in [4.78, 5) is 4.63. The van der Waals surface area contributed by atoms with Crippen LogP contribution >= 0.6 is 0 Å². The van der Waals surface area contributed by atoms with Gasteiger partial charge in [0.2, 0.25) is 5.95 Å². The zero-order chi connectivity index (χ0) is 13.8. The molecule has 0 aliphatic heterocycles. The van der Waals surface area contributed by atoms with Gasteiger partial charge in [-0.1, -0.05) is 19.8 Å². The monoisotopic (exact) mass is 263 g/mol. The van der Waals surface area contributed by atoms with Crippen LogP contribution in [0.4, 0.5) is 5.95 Å². The second-order valence-corrected chi connectivity index (χ2v) is 6.38. The number of aromatic nitrogens is 2. The van der Waals surface area contributed by atoms with Crippen molar-refractivity contribution in [3.63, 3.8) is 0 Å². The number of rotatable bonds is 5. The molecule has 0 spiro atoms. The van der Waals surface area contributed by atoms with Gasteiger partial charge in [-0.15, -0.1) is 0 Å². The number of nitrogens with zero attached hydrogens (tertiary/aromatic N) is 2. The molecule has 1 saturated carbocycles. The number of anilines is 1. The fourth-order valence-corrected chi connectivity index (χ4v) is 3.28. The molecule has 0 bridgehead atoms. The van der Waals surface area contributed by atoms with Crippen LogP contribution in [0.1, 0.15) is 71.0 Å². The molecule has 1 heterocycles. The van der Waals surface area contributed by atoms with Gasteiger partial charge < -0.3 is 9.88 Å². The minimum Gasteiger partial charge on any atom is -0.353 e. The van der Waals surface area contributed by atoms with Crippen molar-refractivity contribution in [1.29, 1.82) is 0 Å². The highest BCUT2D eigenvalue weighted by atomic mass is 15.2. The first-order valence-corrected chi connectivity index (χ1v) is 7.92. The van der Waals surface area contributed by atoms with Gasteiger partial charge in [-0.25, -0.2) is 4.98 Å². The van der Waals surface area contributed by atoms with Gasteiger partial charge >= 0.3 is 0 Å². The molecule has 0 unspecified atom stereocenters. The van der Waals surface area contributed by atoms with Crippen molar-refractivity contribution in [1.82, 2.24) is 9.55 Å². The van der Waals surface area contributed by atoms with Crippen molar-refractivity contribution >= 4 is 5.95 Å². The summed E-state index contributed by atoms with van der Waals surface area (Å²) in [5.74, 6) is 2.03. The molecule has 0 atom stereocenters. The van der Waals surface area contributed by atoms with Gasteiger partial charge in [-0.05, 0) is 52.4 Å². The van der Waals surface area contributed by atoms with Crippen LogP contribution in [0.15, 0.2) is 6.20 Å². The summed E-state index contributed by atoms with van der Waals surface area (Å²) in [7, 11) is 0. The van der Waals surface area contributed by atoms with E-state index in [-0.39, 0.29) is 0 Å². The quantitative estimate of drug-likeness (QED) is 0.845. The summed E-state index contributed by atoms with van der Waals surface area (Å²) < 4.78 is 2.39. The molecule has 108 valence electrons. The Labute approximate surface area is 117 Å². The van der Waals surface area contributed by atoms with E-state index in [0.29, 0.717) is 12.1 Å². The van der Waals surface area contributed by atoms with E-state index < -0.39 is 0 Å². The second-order valence-electron chi connectivity index (χ2n) is 6.38. The molecule has 1 N–H and O–H groups in total. The van der Waals surface area contributed by atoms with E-state index >= 15 is 0 Å². The third-order valence-electron chi connectivity index (χ3n) is 4.18. The Morgan fingerprint density at radius 1 is 1.32 bits per heavy atom. The highest BCUT2D eigenvalue weighted by Gasteiger charge is 2.23. The molecule has 0 radical (unpaired) electrons. The highest BCUT2D eigenvalue weighted by Crippen LogP contribution is 2.36. The lowest BCUT2D eigenvalue weighted by molar-refractivity contribution is 0.264. The lowest BCUT2D eigenvalue weighted by atomic mass is 9.83. The van der Waals surface area contributed by atoms with Crippen molar-refractivity contribution in [2.45, 2.75) is 78.3 Å². The number of imidazole rings is 1. The number of hydrogen-bond donors (Lipinski definition) is 1. The normalized spacial score (nSPS) is 23.8. The number of aryl methyl sites for hydroxylation is 1. The summed E-state index contributed by atoms with van der Waals surface area (Å²) in [6.07, 6.45) is 10.4. The van der Waals surface area contributed by atoms with Crippen LogP contribution in [0.3, 0.4) is 0 Å². The Balaban J connectivity index is 2.02. The van der Waals surface area contributed by atoms with Gasteiger partial charge in [0.15, 0.2) is 0 Å². The van der Waals surface area contributed by atoms with Gasteiger partial charge in [0.25, 0.3) is 0 Å². The summed E-state index contributed by atoms with van der Waals surface area (Å²) in [6, 6.07) is 1.09. The molecule has 1 aliphatic carbocycles. The van der Waals surface area contributed by atoms with E-state index in [9.17, 15) is 0 Å². The third kappa shape index (κ3) is 3.74. The van der Waals surface area contributed by atoms with Crippen LogP contribution in [0.25, 0.3) is 0 Å². The maximum Gasteiger partial charge on any atom is 0.203 e. The lowest BCUT2D eigenvalue weighted by Crippen LogP contribution is -2.21. The molecule has 1 aromatic heterocycles. The summed E-state index contributed by atoms with van der Waals surface area (Å²) >= 11 is 0. The van der Waals surface area contributed by atoms with Crippen molar-refractivity contribution in [2.75, 3.05) is 5.32 Å². The van der Waals surface area contributed by atoms with Crippen LogP contribution in [-0.4, -0.2) is 15.6 Å². The van der Waals surface area contributed by atoms with Gasteiger partial charge in [0.1, 0.15) is 0 Å². The van der Waals surface area contributed by atoms with Crippen LogP contribution in [0.2, 0.25) is 0 Å². The molecule has 0 amide bonds. The van der Waals surface area contributed by atoms with E-state index in [2.05, 4.69) is 48.8 Å². The van der Waals surface area contributed by atoms with Crippen LogP contribution in [0.5, 0.6) is 0 Å². The van der Waals surface area contributed by atoms with Gasteiger partial charge in [0.05, 0.1) is 5.69 Å². The van der Waals surface area contributed by atoms with Gasteiger partial charge in [0, 0.05) is 18.3 Å². The average molecular weight is 263 g/mol. The molecule has 3 heteroatoms. The SMILES string of the molecule is CCCC1CCC(n2cc(C)nc2NC(C)C)CC1. The Morgan fingerprint density at radius 2 is 2.00 bits per heavy atom. The molecule has 0 saturated heterocycles. The van der Waals surface area contributed by atoms with Crippen molar-refractivity contribution in [3.8, 4) is 0 Å². The smallest absolute Gasteiger partial charge is 0.203 e. The fourth-order valence-electron chi connectivity index (χ4n) is 3.28. The molecular weight excluding hydrogens is 234 g/mol. The summed E-state index contributed by atoms with van der Waals surface area (Å²) in [5, 5.41) is 3.48. The van der Waals surface area contributed by atoms with Gasteiger partial charge in [-0.3, -0.25) is 0 Å². The molecule has 1 aromatic rings. The number of hydrogen-bond acceptors (Lipinski definition) is 2. The van der Waals surface area contributed by atoms with Crippen LogP contribution in [0, 0.1) is 12.8 Å². The first-order valence-electron chi connectivity index (χ1n) is 7.92. The summed E-state index contributed by atoms with van der Waals surface area (Å²) in [6.45, 7) is 8.74. The second kappa shape index (κ2) is 6.44. The predicted octanol–water partition coefficient (Wildman–Crippen LogP) is 4.54. The van der Waals surface area contributed by atoms with E-state index in [1.165, 1.54) is 38.5 Å². The van der Waals surface area contributed by atoms with Crippen molar-refractivity contribution < 1.29 is 0 Å². The first-order chi connectivity index (χ1) is 9.10. The Morgan fingerprint density at radius 3 is 2.58 bits per heavy atom. The largest absolute Gasteiger partial charge is 0.353 e. The van der Waals surface area contributed by atoms with E-state index in [1.54, 1.807) is 0 Å². The Kier molecular flexibility index (Phi) is 4.89. The highest BCUT2D eigenvalue weighted by molar-refractivity contribution is 5.30. The third-order valence-corrected chi connectivity index (χ3v) is 4.18. The molecule has 19 heavy (non-hydrogen) atoms.